The van der Waals surface area contributed by atoms with Crippen LogP contribution in [0.1, 0.15) is 48.1 Å². The second-order valence-electron chi connectivity index (χ2n) is 8.19. The Kier molecular flexibility index (Phi) is 6.16. The summed E-state index contributed by atoms with van der Waals surface area (Å²) in [4.78, 5) is 7.36. The minimum absolute atomic E-state index is 0.891. The number of ether oxygens (including phenoxy) is 1. The van der Waals surface area contributed by atoms with Crippen LogP contribution in [0.4, 0.5) is 5.82 Å². The minimum atomic E-state index is 0.891. The van der Waals surface area contributed by atoms with E-state index in [9.17, 15) is 0 Å². The molecule has 0 saturated heterocycles. The molecule has 3 heterocycles. The second kappa shape index (κ2) is 8.97. The van der Waals surface area contributed by atoms with Crippen LogP contribution in [0.25, 0.3) is 0 Å². The number of unbranched alkanes of at least 4 members (excludes halogenated alkanes) is 2. The van der Waals surface area contributed by atoms with E-state index in [2.05, 4.69) is 41.8 Å². The van der Waals surface area contributed by atoms with Crippen molar-refractivity contribution in [2.24, 2.45) is 5.84 Å². The predicted molar refractivity (Wildman–Crippen MR) is 118 cm³/mol. The summed E-state index contributed by atoms with van der Waals surface area (Å²) in [5.41, 5.74) is 6.20. The maximum absolute atomic E-state index is 6.13. The second-order valence-corrected chi connectivity index (χ2v) is 8.19. The molecule has 29 heavy (non-hydrogen) atoms. The molecule has 4 rings (SSSR count). The molecule has 0 unspecified atom stereocenters. The fourth-order valence-electron chi connectivity index (χ4n) is 4.33. The van der Waals surface area contributed by atoms with Crippen molar-refractivity contribution in [2.45, 2.75) is 51.5 Å². The predicted octanol–water partition coefficient (Wildman–Crippen LogP) is 4.00. The first-order valence-corrected chi connectivity index (χ1v) is 10.7. The van der Waals surface area contributed by atoms with E-state index < -0.39 is 0 Å². The van der Waals surface area contributed by atoms with Crippen LogP contribution in [0.2, 0.25) is 0 Å². The quantitative estimate of drug-likeness (QED) is 0.570. The Bertz CT molecular complexity index is 879. The Morgan fingerprint density at radius 2 is 1.90 bits per heavy atom. The third-order valence-corrected chi connectivity index (χ3v) is 6.18. The molecule has 0 radical (unpaired) electrons. The summed E-state index contributed by atoms with van der Waals surface area (Å²) in [5.74, 6) is 7.99. The van der Waals surface area contributed by atoms with Crippen molar-refractivity contribution in [3.05, 3.63) is 65.0 Å². The number of anilines is 1. The molecule has 2 aromatic rings. The summed E-state index contributed by atoms with van der Waals surface area (Å²) in [6.07, 6.45) is 7.65. The van der Waals surface area contributed by atoms with E-state index in [0.717, 1.165) is 61.7 Å². The Balaban J connectivity index is 1.21. The van der Waals surface area contributed by atoms with Crippen molar-refractivity contribution in [1.82, 2.24) is 9.88 Å². The number of fused-ring (bicyclic) bond motifs is 2. The van der Waals surface area contributed by atoms with Crippen LogP contribution in [-0.2, 0) is 25.8 Å². The first-order valence-electron chi connectivity index (χ1n) is 10.7. The van der Waals surface area contributed by atoms with Gasteiger partial charge in [0.15, 0.2) is 0 Å². The van der Waals surface area contributed by atoms with Gasteiger partial charge in [-0.25, -0.2) is 10.8 Å². The molecule has 0 aliphatic carbocycles. The van der Waals surface area contributed by atoms with Crippen LogP contribution in [0.15, 0.2) is 42.6 Å². The fraction of sp³-hybridized carbons (Fsp3) is 0.458. The number of rotatable bonds is 7. The lowest BCUT2D eigenvalue weighted by Crippen LogP contribution is -2.34. The number of hydrogen-bond donors (Lipinski definition) is 1. The topological polar surface area (TPSA) is 54.6 Å². The molecule has 0 bridgehead atoms. The van der Waals surface area contributed by atoms with Crippen LogP contribution in [0, 0.1) is 0 Å². The molecule has 1 aromatic heterocycles. The van der Waals surface area contributed by atoms with E-state index in [0.29, 0.717) is 0 Å². The standard InChI is InChI=1S/C24H32N4O/c1-18-7-8-19-9-11-22(26-24(19)28(18)25)6-4-3-5-14-27-15-13-20-16-23(29-2)12-10-21(20)17-27/h9-12,16H,1,3-8,13-15,17,25H2,2H3. The van der Waals surface area contributed by atoms with Crippen molar-refractivity contribution in [2.75, 3.05) is 25.2 Å². The van der Waals surface area contributed by atoms with Crippen molar-refractivity contribution in [3.8, 4) is 5.75 Å². The van der Waals surface area contributed by atoms with Gasteiger partial charge in [-0.1, -0.05) is 25.1 Å². The molecule has 1 aromatic carbocycles. The largest absolute Gasteiger partial charge is 0.497 e. The van der Waals surface area contributed by atoms with Gasteiger partial charge in [-0.15, -0.1) is 0 Å². The average molecular weight is 393 g/mol. The lowest BCUT2D eigenvalue weighted by atomic mass is 9.99. The Morgan fingerprint density at radius 3 is 2.76 bits per heavy atom. The van der Waals surface area contributed by atoms with Crippen molar-refractivity contribution in [1.29, 1.82) is 0 Å². The summed E-state index contributed by atoms with van der Waals surface area (Å²) < 4.78 is 5.34. The Hall–Kier alpha value is -2.37. The van der Waals surface area contributed by atoms with Gasteiger partial charge >= 0.3 is 0 Å². The van der Waals surface area contributed by atoms with Gasteiger partial charge in [-0.05, 0) is 80.0 Å². The van der Waals surface area contributed by atoms with Gasteiger partial charge in [0.05, 0.1) is 7.11 Å². The average Bonchev–Trinajstić information content (AvgIpc) is 2.76. The third-order valence-electron chi connectivity index (χ3n) is 6.18. The molecule has 5 nitrogen and oxygen atoms in total. The number of allylic oxidation sites excluding steroid dienone is 1. The highest BCUT2D eigenvalue weighted by molar-refractivity contribution is 5.54. The number of aryl methyl sites for hydroxylation is 2. The van der Waals surface area contributed by atoms with Crippen molar-refractivity contribution < 1.29 is 4.74 Å². The Labute approximate surface area is 174 Å². The van der Waals surface area contributed by atoms with E-state index in [1.165, 1.54) is 42.5 Å². The van der Waals surface area contributed by atoms with Crippen LogP contribution < -0.4 is 15.6 Å². The molecular weight excluding hydrogens is 360 g/mol. The van der Waals surface area contributed by atoms with E-state index in [-0.39, 0.29) is 0 Å². The fourth-order valence-corrected chi connectivity index (χ4v) is 4.33. The van der Waals surface area contributed by atoms with Crippen molar-refractivity contribution >= 4 is 5.82 Å². The smallest absolute Gasteiger partial charge is 0.150 e. The highest BCUT2D eigenvalue weighted by Gasteiger charge is 2.19. The number of methoxy groups -OCH3 is 1. The van der Waals surface area contributed by atoms with Gasteiger partial charge in [0.1, 0.15) is 11.6 Å². The summed E-state index contributed by atoms with van der Waals surface area (Å²) in [5, 5.41) is 1.66. The van der Waals surface area contributed by atoms with Gasteiger partial charge in [-0.2, -0.15) is 0 Å². The summed E-state index contributed by atoms with van der Waals surface area (Å²) in [6, 6.07) is 10.8. The normalized spacial score (nSPS) is 16.5. The molecular formula is C24H32N4O. The molecule has 2 aliphatic rings. The summed E-state index contributed by atoms with van der Waals surface area (Å²) in [6.45, 7) is 7.39. The number of nitrogens with two attached hydrogens (primary N) is 1. The monoisotopic (exact) mass is 392 g/mol. The molecule has 0 saturated carbocycles. The molecule has 0 amide bonds. The van der Waals surface area contributed by atoms with Gasteiger partial charge in [0.2, 0.25) is 0 Å². The number of hydrazine groups is 1. The van der Waals surface area contributed by atoms with E-state index >= 15 is 0 Å². The van der Waals surface area contributed by atoms with Crippen LogP contribution >= 0.6 is 0 Å². The third kappa shape index (κ3) is 4.62. The van der Waals surface area contributed by atoms with E-state index in [1.807, 2.05) is 0 Å². The number of hydrogen-bond acceptors (Lipinski definition) is 5. The molecule has 5 heteroatoms. The van der Waals surface area contributed by atoms with E-state index in [4.69, 9.17) is 15.6 Å². The number of pyridine rings is 1. The molecule has 154 valence electrons. The molecule has 0 atom stereocenters. The Morgan fingerprint density at radius 1 is 1.03 bits per heavy atom. The maximum atomic E-state index is 6.13. The molecule has 2 aliphatic heterocycles. The van der Waals surface area contributed by atoms with Crippen molar-refractivity contribution in [3.63, 3.8) is 0 Å². The summed E-state index contributed by atoms with van der Waals surface area (Å²) >= 11 is 0. The molecule has 0 spiro atoms. The first kappa shape index (κ1) is 19.9. The molecule has 0 fully saturated rings. The highest BCUT2D eigenvalue weighted by Crippen LogP contribution is 2.28. The number of aromatic nitrogens is 1. The van der Waals surface area contributed by atoms with Crippen LogP contribution in [0.5, 0.6) is 5.75 Å². The first-order chi connectivity index (χ1) is 14.1. The minimum Gasteiger partial charge on any atom is -0.497 e. The lowest BCUT2D eigenvalue weighted by molar-refractivity contribution is 0.248. The van der Waals surface area contributed by atoms with Gasteiger partial charge < -0.3 is 4.74 Å². The van der Waals surface area contributed by atoms with Gasteiger partial charge in [0.25, 0.3) is 0 Å². The lowest BCUT2D eigenvalue weighted by Gasteiger charge is -2.29. The van der Waals surface area contributed by atoms with Gasteiger partial charge in [-0.3, -0.25) is 9.91 Å². The number of nitrogens with zero attached hydrogens (tertiary/aromatic N) is 3. The van der Waals surface area contributed by atoms with Crippen LogP contribution in [-0.4, -0.2) is 30.1 Å². The molecule has 2 N–H and O–H groups in total. The SMILES string of the molecule is C=C1CCc2ccc(CCCCCN3CCc4cc(OC)ccc4C3)nc2N1N. The van der Waals surface area contributed by atoms with E-state index in [1.54, 1.807) is 12.1 Å². The zero-order valence-electron chi connectivity index (χ0n) is 17.5. The van der Waals surface area contributed by atoms with Gasteiger partial charge in [0, 0.05) is 24.5 Å². The number of benzene rings is 1. The maximum Gasteiger partial charge on any atom is 0.150 e. The highest BCUT2D eigenvalue weighted by atomic mass is 16.5. The summed E-state index contributed by atoms with van der Waals surface area (Å²) in [7, 11) is 1.74. The zero-order chi connectivity index (χ0) is 20.2. The van der Waals surface area contributed by atoms with Crippen LogP contribution in [0.3, 0.4) is 0 Å². The zero-order valence-corrected chi connectivity index (χ0v) is 17.5.